The lowest BCUT2D eigenvalue weighted by Gasteiger charge is -2.16. The number of aromatic nitrogens is 4. The number of ether oxygens (including phenoxy) is 2. The molecule has 0 bridgehead atoms. The van der Waals surface area contributed by atoms with Crippen LogP contribution >= 0.6 is 0 Å². The third-order valence-electron chi connectivity index (χ3n) is 4.17. The molecule has 0 atom stereocenters. The third kappa shape index (κ3) is 4.80. The zero-order chi connectivity index (χ0) is 22.6. The van der Waals surface area contributed by atoms with Crippen LogP contribution in [0.5, 0.6) is 11.5 Å². The van der Waals surface area contributed by atoms with Gasteiger partial charge in [-0.3, -0.25) is 4.72 Å². The lowest BCUT2D eigenvalue weighted by molar-refractivity contribution is -0.131. The van der Waals surface area contributed by atoms with Crippen LogP contribution in [0.2, 0.25) is 0 Å². The molecule has 0 spiro atoms. The van der Waals surface area contributed by atoms with Crippen molar-refractivity contribution in [2.45, 2.75) is 4.90 Å². The Hall–Kier alpha value is -3.93. The van der Waals surface area contributed by atoms with E-state index in [-0.39, 0.29) is 22.1 Å². The first kappa shape index (κ1) is 21.8. The van der Waals surface area contributed by atoms with E-state index in [4.69, 9.17) is 14.6 Å². The first-order chi connectivity index (χ1) is 14.7. The molecule has 0 aliphatic carbocycles. The number of aryl methyl sites for hydroxylation is 1. The number of rotatable bonds is 8. The Kier molecular flexibility index (Phi) is 6.20. The fourth-order valence-corrected chi connectivity index (χ4v) is 4.09. The average molecular weight is 445 g/mol. The molecule has 0 aliphatic rings. The van der Waals surface area contributed by atoms with Crippen molar-refractivity contribution in [1.82, 2.24) is 20.2 Å². The molecule has 162 valence electrons. The van der Waals surface area contributed by atoms with Crippen LogP contribution in [0.3, 0.4) is 0 Å². The Morgan fingerprint density at radius 1 is 1.19 bits per heavy atom. The summed E-state index contributed by atoms with van der Waals surface area (Å²) in [5, 5.41) is 20.1. The zero-order valence-electron chi connectivity index (χ0n) is 16.8. The van der Waals surface area contributed by atoms with E-state index in [2.05, 4.69) is 20.2 Å². The van der Waals surface area contributed by atoms with Crippen molar-refractivity contribution >= 4 is 27.8 Å². The number of methoxy groups -OCH3 is 2. The van der Waals surface area contributed by atoms with Crippen LogP contribution in [0.4, 0.5) is 5.69 Å². The number of anilines is 1. The number of sulfonamides is 1. The molecule has 3 aromatic rings. The zero-order valence-corrected chi connectivity index (χ0v) is 17.6. The Morgan fingerprint density at radius 3 is 2.58 bits per heavy atom. The van der Waals surface area contributed by atoms with Gasteiger partial charge in [0.2, 0.25) is 0 Å². The molecular formula is C19H19N5O6S. The second-order valence-electron chi connectivity index (χ2n) is 6.24. The number of nitrogens with one attached hydrogen (secondary N) is 1. The molecule has 0 radical (unpaired) electrons. The number of tetrazole rings is 1. The fraction of sp³-hybridized carbons (Fsp3) is 0.158. The number of nitrogens with zero attached hydrogens (tertiary/aromatic N) is 4. The van der Waals surface area contributed by atoms with E-state index in [1.807, 2.05) is 0 Å². The molecule has 0 unspecified atom stereocenters. The first-order valence-electron chi connectivity index (χ1n) is 8.78. The molecule has 2 N–H and O–H groups in total. The van der Waals surface area contributed by atoms with Crippen LogP contribution < -0.4 is 14.2 Å². The Balaban J connectivity index is 2.04. The van der Waals surface area contributed by atoms with Gasteiger partial charge in [-0.25, -0.2) is 17.9 Å². The Bertz CT molecular complexity index is 1250. The van der Waals surface area contributed by atoms with Gasteiger partial charge < -0.3 is 14.6 Å². The molecule has 0 fully saturated rings. The number of hydrogen-bond acceptors (Lipinski definition) is 8. The highest BCUT2D eigenvalue weighted by atomic mass is 32.2. The van der Waals surface area contributed by atoms with Gasteiger partial charge >= 0.3 is 5.97 Å². The second kappa shape index (κ2) is 8.83. The van der Waals surface area contributed by atoms with Crippen molar-refractivity contribution in [2.24, 2.45) is 7.05 Å². The minimum Gasteiger partial charge on any atom is -0.493 e. The molecule has 1 heterocycles. The molecular weight excluding hydrogens is 426 g/mol. The van der Waals surface area contributed by atoms with Crippen LogP contribution in [0.15, 0.2) is 47.4 Å². The van der Waals surface area contributed by atoms with E-state index in [0.29, 0.717) is 17.0 Å². The van der Waals surface area contributed by atoms with Crippen LogP contribution in [0.25, 0.3) is 17.5 Å². The molecule has 12 heteroatoms. The summed E-state index contributed by atoms with van der Waals surface area (Å²) in [4.78, 5) is 10.6. The highest BCUT2D eigenvalue weighted by Crippen LogP contribution is 2.37. The molecule has 1 aromatic heterocycles. The van der Waals surface area contributed by atoms with E-state index in [1.165, 1.54) is 37.1 Å². The maximum Gasteiger partial charge on any atom is 0.328 e. The summed E-state index contributed by atoms with van der Waals surface area (Å²) in [5.74, 6) is -0.598. The number of carboxylic acids is 1. The van der Waals surface area contributed by atoms with Crippen molar-refractivity contribution in [3.63, 3.8) is 0 Å². The minimum atomic E-state index is -4.14. The molecule has 0 saturated carbocycles. The molecule has 0 aliphatic heterocycles. The monoisotopic (exact) mass is 445 g/mol. The highest BCUT2D eigenvalue weighted by molar-refractivity contribution is 7.92. The average Bonchev–Trinajstić information content (AvgIpc) is 3.17. The Morgan fingerprint density at radius 2 is 1.97 bits per heavy atom. The smallest absolute Gasteiger partial charge is 0.328 e. The molecule has 0 amide bonds. The van der Waals surface area contributed by atoms with E-state index in [9.17, 15) is 13.2 Å². The summed E-state index contributed by atoms with van der Waals surface area (Å²) in [6.45, 7) is 0. The summed E-state index contributed by atoms with van der Waals surface area (Å²) in [5.41, 5.74) is 1.18. The molecule has 11 nitrogen and oxygen atoms in total. The van der Waals surface area contributed by atoms with Gasteiger partial charge in [-0.05, 0) is 46.3 Å². The first-order valence-corrected chi connectivity index (χ1v) is 10.3. The number of aliphatic carboxylic acids is 1. The predicted molar refractivity (Wildman–Crippen MR) is 111 cm³/mol. The SMILES string of the molecule is COc1cc(C=CC(=O)O)cc(S(=O)(=O)Nc2cccc(-c3nnnn3C)c2)c1OC. The second-order valence-corrected chi connectivity index (χ2v) is 7.89. The van der Waals surface area contributed by atoms with Gasteiger partial charge in [0.25, 0.3) is 10.0 Å². The highest BCUT2D eigenvalue weighted by Gasteiger charge is 2.24. The molecule has 2 aromatic carbocycles. The van der Waals surface area contributed by atoms with Gasteiger partial charge in [-0.15, -0.1) is 5.10 Å². The van der Waals surface area contributed by atoms with Crippen LogP contribution in [0, 0.1) is 0 Å². The van der Waals surface area contributed by atoms with Gasteiger partial charge in [0.1, 0.15) is 4.90 Å². The lowest BCUT2D eigenvalue weighted by atomic mass is 10.2. The van der Waals surface area contributed by atoms with E-state index >= 15 is 0 Å². The topological polar surface area (TPSA) is 146 Å². The summed E-state index contributed by atoms with van der Waals surface area (Å²) in [7, 11) is 0.189. The van der Waals surface area contributed by atoms with E-state index < -0.39 is 16.0 Å². The van der Waals surface area contributed by atoms with Crippen molar-refractivity contribution in [2.75, 3.05) is 18.9 Å². The number of carboxylic acid groups (broad SMARTS) is 1. The summed E-state index contributed by atoms with van der Waals surface area (Å²) < 4.78 is 40.8. The largest absolute Gasteiger partial charge is 0.493 e. The summed E-state index contributed by atoms with van der Waals surface area (Å²) in [6, 6.07) is 9.32. The fourth-order valence-electron chi connectivity index (χ4n) is 2.82. The van der Waals surface area contributed by atoms with Crippen LogP contribution in [-0.2, 0) is 21.9 Å². The molecule has 0 saturated heterocycles. The Labute approximate surface area is 178 Å². The predicted octanol–water partition coefficient (Wildman–Crippen LogP) is 1.79. The third-order valence-corrected chi connectivity index (χ3v) is 5.55. The van der Waals surface area contributed by atoms with Crippen LogP contribution in [0.1, 0.15) is 5.56 Å². The van der Waals surface area contributed by atoms with Gasteiger partial charge in [0.15, 0.2) is 17.3 Å². The van der Waals surface area contributed by atoms with Gasteiger partial charge in [0, 0.05) is 24.4 Å². The number of benzene rings is 2. The van der Waals surface area contributed by atoms with Crippen molar-refractivity contribution in [1.29, 1.82) is 0 Å². The van der Waals surface area contributed by atoms with Crippen LogP contribution in [-0.4, -0.2) is 53.9 Å². The lowest BCUT2D eigenvalue weighted by Crippen LogP contribution is -2.15. The maximum absolute atomic E-state index is 13.2. The van der Waals surface area contributed by atoms with Crippen molar-refractivity contribution in [3.8, 4) is 22.9 Å². The van der Waals surface area contributed by atoms with Crippen molar-refractivity contribution in [3.05, 3.63) is 48.0 Å². The quantitative estimate of drug-likeness (QED) is 0.496. The molecule has 31 heavy (non-hydrogen) atoms. The van der Waals surface area contributed by atoms with Gasteiger partial charge in [-0.2, -0.15) is 0 Å². The van der Waals surface area contributed by atoms with E-state index in [1.54, 1.807) is 31.3 Å². The molecule has 3 rings (SSSR count). The van der Waals surface area contributed by atoms with E-state index in [0.717, 1.165) is 6.08 Å². The van der Waals surface area contributed by atoms with Crippen molar-refractivity contribution < 1.29 is 27.8 Å². The number of carbonyl (C=O) groups is 1. The minimum absolute atomic E-state index is 0.0175. The maximum atomic E-state index is 13.2. The van der Waals surface area contributed by atoms with Gasteiger partial charge in [-0.1, -0.05) is 12.1 Å². The number of hydrogen-bond donors (Lipinski definition) is 2. The summed E-state index contributed by atoms with van der Waals surface area (Å²) >= 11 is 0. The summed E-state index contributed by atoms with van der Waals surface area (Å²) in [6.07, 6.45) is 2.15. The standard InChI is InChI=1S/C19H19N5O6S/c1-24-19(20-22-23-24)13-5-4-6-14(11-13)21-31(27,28)16-10-12(7-8-17(25)26)9-15(29-2)18(16)30-3/h4-11,21H,1-3H3,(H,25,26). The normalized spacial score (nSPS) is 11.5. The van der Waals surface area contributed by atoms with Gasteiger partial charge in [0.05, 0.1) is 14.2 Å².